The SMILES string of the molecule is CC(C)c1ccc(OCc2nc(C(=O)N[C@H]3CCCC[C@@H]3NC(=O)NC(C)(C)C)cs2)cc1. The minimum Gasteiger partial charge on any atom is -0.486 e. The summed E-state index contributed by atoms with van der Waals surface area (Å²) >= 11 is 1.41. The van der Waals surface area contributed by atoms with Gasteiger partial charge in [-0.25, -0.2) is 9.78 Å². The van der Waals surface area contributed by atoms with E-state index in [1.54, 1.807) is 5.38 Å². The van der Waals surface area contributed by atoms with E-state index in [9.17, 15) is 9.59 Å². The molecule has 1 aromatic carbocycles. The van der Waals surface area contributed by atoms with Crippen molar-refractivity contribution in [1.29, 1.82) is 0 Å². The maximum absolute atomic E-state index is 12.8. The van der Waals surface area contributed by atoms with Crippen molar-refractivity contribution >= 4 is 23.3 Å². The molecule has 1 fully saturated rings. The number of rotatable bonds is 7. The van der Waals surface area contributed by atoms with Crippen molar-refractivity contribution in [2.24, 2.45) is 0 Å². The molecule has 7 nitrogen and oxygen atoms in total. The van der Waals surface area contributed by atoms with Crippen LogP contribution in [0.15, 0.2) is 29.6 Å². The average Bonchev–Trinajstić information content (AvgIpc) is 3.22. The fraction of sp³-hybridized carbons (Fsp3) is 0.560. The van der Waals surface area contributed by atoms with Crippen LogP contribution in [0, 0.1) is 0 Å². The third-order valence-corrected chi connectivity index (χ3v) is 6.40. The summed E-state index contributed by atoms with van der Waals surface area (Å²) in [5, 5.41) is 11.5. The minimum absolute atomic E-state index is 0.0969. The lowest BCUT2D eigenvalue weighted by molar-refractivity contribution is 0.0910. The molecule has 33 heavy (non-hydrogen) atoms. The molecule has 1 aromatic heterocycles. The van der Waals surface area contributed by atoms with Crippen LogP contribution in [-0.2, 0) is 6.61 Å². The number of amides is 3. The van der Waals surface area contributed by atoms with Gasteiger partial charge in [-0.1, -0.05) is 38.8 Å². The van der Waals surface area contributed by atoms with Crippen LogP contribution in [0.3, 0.4) is 0 Å². The van der Waals surface area contributed by atoms with E-state index >= 15 is 0 Å². The van der Waals surface area contributed by atoms with Gasteiger partial charge in [-0.15, -0.1) is 11.3 Å². The molecule has 3 N–H and O–H groups in total. The Morgan fingerprint density at radius 2 is 1.73 bits per heavy atom. The molecular formula is C25H36N4O3S. The standard InChI is InChI=1S/C25H36N4O3S/c1-16(2)17-10-12-18(13-11-17)32-14-22-26-21(15-33-22)23(30)27-19-8-6-7-9-20(19)28-24(31)29-25(3,4)5/h10-13,15-16,19-20H,6-9,14H2,1-5H3,(H,27,30)(H2,28,29,31)/t19-,20-/m0/s1. The second kappa shape index (κ2) is 11.0. The molecule has 2 atom stereocenters. The van der Waals surface area contributed by atoms with Gasteiger partial charge in [-0.05, 0) is 57.2 Å². The van der Waals surface area contributed by atoms with Crippen molar-refractivity contribution in [1.82, 2.24) is 20.9 Å². The van der Waals surface area contributed by atoms with Crippen molar-refractivity contribution in [3.8, 4) is 5.75 Å². The van der Waals surface area contributed by atoms with Gasteiger partial charge in [0.05, 0.1) is 6.04 Å². The number of nitrogens with zero attached hydrogens (tertiary/aromatic N) is 1. The third-order valence-electron chi connectivity index (χ3n) is 5.58. The van der Waals surface area contributed by atoms with E-state index in [1.807, 2.05) is 32.9 Å². The van der Waals surface area contributed by atoms with Crippen LogP contribution in [-0.4, -0.2) is 34.5 Å². The number of urea groups is 1. The first kappa shape index (κ1) is 25.0. The summed E-state index contributed by atoms with van der Waals surface area (Å²) in [6, 6.07) is 7.64. The minimum atomic E-state index is -0.312. The topological polar surface area (TPSA) is 92.3 Å². The normalized spacial score (nSPS) is 18.6. The summed E-state index contributed by atoms with van der Waals surface area (Å²) in [6.07, 6.45) is 3.73. The van der Waals surface area contributed by atoms with E-state index in [-0.39, 0.29) is 29.6 Å². The quantitative estimate of drug-likeness (QED) is 0.530. The van der Waals surface area contributed by atoms with Gasteiger partial charge in [0.2, 0.25) is 0 Å². The van der Waals surface area contributed by atoms with Crippen molar-refractivity contribution < 1.29 is 14.3 Å². The molecule has 2 aromatic rings. The van der Waals surface area contributed by atoms with Crippen LogP contribution < -0.4 is 20.7 Å². The Morgan fingerprint density at radius 3 is 2.33 bits per heavy atom. The maximum Gasteiger partial charge on any atom is 0.315 e. The molecule has 0 radical (unpaired) electrons. The highest BCUT2D eigenvalue weighted by Gasteiger charge is 2.29. The summed E-state index contributed by atoms with van der Waals surface area (Å²) in [6.45, 7) is 10.5. The van der Waals surface area contributed by atoms with Gasteiger partial charge in [0.25, 0.3) is 5.91 Å². The van der Waals surface area contributed by atoms with E-state index in [1.165, 1.54) is 16.9 Å². The Kier molecular flexibility index (Phi) is 8.35. The Balaban J connectivity index is 1.53. The molecule has 0 spiro atoms. The zero-order valence-electron chi connectivity index (χ0n) is 20.2. The predicted molar refractivity (Wildman–Crippen MR) is 132 cm³/mol. The molecule has 3 amide bonds. The van der Waals surface area contributed by atoms with Crippen LogP contribution in [0.2, 0.25) is 0 Å². The van der Waals surface area contributed by atoms with Crippen LogP contribution >= 0.6 is 11.3 Å². The lowest BCUT2D eigenvalue weighted by Gasteiger charge is -2.33. The van der Waals surface area contributed by atoms with Crippen molar-refractivity contribution in [2.45, 2.75) is 90.4 Å². The summed E-state index contributed by atoms with van der Waals surface area (Å²) in [5.74, 6) is 1.05. The van der Waals surface area contributed by atoms with Crippen molar-refractivity contribution in [3.63, 3.8) is 0 Å². The molecule has 0 aliphatic heterocycles. The van der Waals surface area contributed by atoms with Gasteiger partial charge in [0, 0.05) is 17.0 Å². The number of hydrogen-bond acceptors (Lipinski definition) is 5. The number of thiazole rings is 1. The Hall–Kier alpha value is -2.61. The van der Waals surface area contributed by atoms with Crippen LogP contribution in [0.5, 0.6) is 5.75 Å². The van der Waals surface area contributed by atoms with Crippen LogP contribution in [0.4, 0.5) is 4.79 Å². The third kappa shape index (κ3) is 7.74. The number of hydrogen-bond donors (Lipinski definition) is 3. The van der Waals surface area contributed by atoms with E-state index in [0.717, 1.165) is 36.4 Å². The molecule has 0 unspecified atom stereocenters. The highest BCUT2D eigenvalue weighted by molar-refractivity contribution is 7.09. The fourth-order valence-electron chi connectivity index (χ4n) is 3.84. The molecule has 0 saturated heterocycles. The monoisotopic (exact) mass is 472 g/mol. The summed E-state index contributed by atoms with van der Waals surface area (Å²) in [4.78, 5) is 29.6. The Morgan fingerprint density at radius 1 is 1.09 bits per heavy atom. The van der Waals surface area contributed by atoms with Gasteiger partial charge < -0.3 is 20.7 Å². The smallest absolute Gasteiger partial charge is 0.315 e. The fourth-order valence-corrected chi connectivity index (χ4v) is 4.52. The lowest BCUT2D eigenvalue weighted by atomic mass is 9.90. The van der Waals surface area contributed by atoms with E-state index in [0.29, 0.717) is 18.2 Å². The van der Waals surface area contributed by atoms with Gasteiger partial charge in [0.15, 0.2) is 0 Å². The van der Waals surface area contributed by atoms with Crippen molar-refractivity contribution in [2.75, 3.05) is 0 Å². The van der Waals surface area contributed by atoms with E-state index in [2.05, 4.69) is 46.9 Å². The second-order valence-electron chi connectivity index (χ2n) is 9.96. The number of nitrogens with one attached hydrogen (secondary N) is 3. The summed E-state index contributed by atoms with van der Waals surface area (Å²) < 4.78 is 5.83. The molecular weight excluding hydrogens is 436 g/mol. The van der Waals surface area contributed by atoms with Gasteiger partial charge in [-0.2, -0.15) is 0 Å². The highest BCUT2D eigenvalue weighted by Crippen LogP contribution is 2.22. The number of ether oxygens (including phenoxy) is 1. The zero-order chi connectivity index (χ0) is 24.0. The van der Waals surface area contributed by atoms with Gasteiger partial charge in [-0.3, -0.25) is 4.79 Å². The Labute approximate surface area is 200 Å². The number of carbonyl (C=O) groups is 2. The second-order valence-corrected chi connectivity index (χ2v) is 10.9. The van der Waals surface area contributed by atoms with Gasteiger partial charge >= 0.3 is 6.03 Å². The first-order chi connectivity index (χ1) is 15.6. The van der Waals surface area contributed by atoms with Gasteiger partial charge in [0.1, 0.15) is 23.1 Å². The van der Waals surface area contributed by atoms with Crippen LogP contribution in [0.25, 0.3) is 0 Å². The van der Waals surface area contributed by atoms with Crippen molar-refractivity contribution in [3.05, 3.63) is 45.9 Å². The average molecular weight is 473 g/mol. The molecule has 8 heteroatoms. The zero-order valence-corrected chi connectivity index (χ0v) is 21.1. The molecule has 1 aliphatic rings. The molecule has 1 heterocycles. The van der Waals surface area contributed by atoms with E-state index in [4.69, 9.17) is 4.74 Å². The van der Waals surface area contributed by atoms with E-state index < -0.39 is 0 Å². The maximum atomic E-state index is 12.8. The first-order valence-corrected chi connectivity index (χ1v) is 12.6. The molecule has 180 valence electrons. The Bertz CT molecular complexity index is 934. The van der Waals surface area contributed by atoms with Crippen LogP contribution in [0.1, 0.15) is 87.3 Å². The number of aromatic nitrogens is 1. The number of benzene rings is 1. The first-order valence-electron chi connectivity index (χ1n) is 11.7. The largest absolute Gasteiger partial charge is 0.486 e. The molecule has 3 rings (SSSR count). The summed E-state index contributed by atoms with van der Waals surface area (Å²) in [7, 11) is 0. The molecule has 1 aliphatic carbocycles. The number of carbonyl (C=O) groups excluding carboxylic acids is 2. The molecule has 1 saturated carbocycles. The highest BCUT2D eigenvalue weighted by atomic mass is 32.1. The predicted octanol–water partition coefficient (Wildman–Crippen LogP) is 4.98. The molecule has 0 bridgehead atoms. The summed E-state index contributed by atoms with van der Waals surface area (Å²) in [5.41, 5.74) is 1.34. The lowest BCUT2D eigenvalue weighted by Crippen LogP contribution is -2.57.